The maximum atomic E-state index is 8.97. The van der Waals surface area contributed by atoms with Crippen molar-refractivity contribution in [1.82, 2.24) is 14.8 Å². The van der Waals surface area contributed by atoms with Crippen LogP contribution < -0.4 is 0 Å². The van der Waals surface area contributed by atoms with Crippen LogP contribution in [-0.2, 0) is 5.75 Å². The quantitative estimate of drug-likeness (QED) is 0.519. The van der Waals surface area contributed by atoms with Gasteiger partial charge in [-0.05, 0) is 49.6 Å². The molecule has 0 saturated heterocycles. The monoisotopic (exact) mass is 388 g/mol. The Morgan fingerprint density at radius 2 is 1.71 bits per heavy atom. The molecule has 0 atom stereocenters. The number of hydrogen-bond acceptors (Lipinski definition) is 4. The number of rotatable bonds is 5. The summed E-state index contributed by atoms with van der Waals surface area (Å²) in [6.45, 7) is 2.11. The Morgan fingerprint density at radius 1 is 1.00 bits per heavy atom. The number of nitrogens with zero attached hydrogens (tertiary/aromatic N) is 4. The van der Waals surface area contributed by atoms with Gasteiger partial charge in [-0.25, -0.2) is 0 Å². The van der Waals surface area contributed by atoms with E-state index in [0.717, 1.165) is 22.4 Å². The van der Waals surface area contributed by atoms with Crippen molar-refractivity contribution in [3.05, 3.63) is 71.0 Å². The Morgan fingerprint density at radius 3 is 2.39 bits per heavy atom. The minimum absolute atomic E-state index is 0.492. The third kappa shape index (κ3) is 4.13. The van der Waals surface area contributed by atoms with Gasteiger partial charge in [-0.2, -0.15) is 5.26 Å². The molecule has 1 aromatic heterocycles. The van der Waals surface area contributed by atoms with Gasteiger partial charge in [0.2, 0.25) is 0 Å². The highest BCUT2D eigenvalue weighted by Gasteiger charge is 2.24. The van der Waals surface area contributed by atoms with Crippen molar-refractivity contribution in [2.45, 2.75) is 55.9 Å². The number of hydrogen-bond donors (Lipinski definition) is 0. The highest BCUT2D eigenvalue weighted by Crippen LogP contribution is 2.35. The molecule has 0 radical (unpaired) electrons. The van der Waals surface area contributed by atoms with Crippen molar-refractivity contribution in [2.24, 2.45) is 0 Å². The van der Waals surface area contributed by atoms with Crippen LogP contribution >= 0.6 is 11.8 Å². The summed E-state index contributed by atoms with van der Waals surface area (Å²) in [7, 11) is 0. The van der Waals surface area contributed by atoms with Gasteiger partial charge in [0.15, 0.2) is 5.16 Å². The zero-order valence-electron chi connectivity index (χ0n) is 16.1. The van der Waals surface area contributed by atoms with Crippen molar-refractivity contribution in [3.63, 3.8) is 0 Å². The highest BCUT2D eigenvalue weighted by atomic mass is 32.2. The van der Waals surface area contributed by atoms with Gasteiger partial charge in [0.25, 0.3) is 0 Å². The SMILES string of the molecule is Cc1ccc(-n2c(SCc3ccc(C#N)cc3)nnc2C2CCCCC2)cc1. The molecule has 1 fully saturated rings. The van der Waals surface area contributed by atoms with E-state index >= 15 is 0 Å². The third-order valence-electron chi connectivity index (χ3n) is 5.37. The van der Waals surface area contributed by atoms with Gasteiger partial charge in [-0.3, -0.25) is 4.57 Å². The van der Waals surface area contributed by atoms with Crippen LogP contribution in [-0.4, -0.2) is 14.8 Å². The predicted octanol–water partition coefficient (Wildman–Crippen LogP) is 5.79. The van der Waals surface area contributed by atoms with E-state index in [4.69, 9.17) is 5.26 Å². The molecule has 1 heterocycles. The molecule has 142 valence electrons. The number of aryl methyl sites for hydroxylation is 1. The molecule has 0 N–H and O–H groups in total. The molecule has 0 aliphatic heterocycles. The lowest BCUT2D eigenvalue weighted by Crippen LogP contribution is -2.12. The second-order valence-corrected chi connectivity index (χ2v) is 8.39. The van der Waals surface area contributed by atoms with Crippen LogP contribution in [0.1, 0.15) is 60.5 Å². The fourth-order valence-electron chi connectivity index (χ4n) is 3.76. The molecular weight excluding hydrogens is 364 g/mol. The van der Waals surface area contributed by atoms with E-state index in [1.807, 2.05) is 24.3 Å². The molecule has 0 amide bonds. The molecule has 2 aromatic carbocycles. The molecule has 0 bridgehead atoms. The minimum Gasteiger partial charge on any atom is -0.274 e. The van der Waals surface area contributed by atoms with Gasteiger partial charge in [0, 0.05) is 17.4 Å². The maximum absolute atomic E-state index is 8.97. The zero-order chi connectivity index (χ0) is 19.3. The number of nitriles is 1. The topological polar surface area (TPSA) is 54.5 Å². The van der Waals surface area contributed by atoms with Gasteiger partial charge >= 0.3 is 0 Å². The largest absolute Gasteiger partial charge is 0.274 e. The molecule has 1 aliphatic rings. The van der Waals surface area contributed by atoms with Crippen LogP contribution in [0.15, 0.2) is 53.7 Å². The van der Waals surface area contributed by atoms with Crippen LogP contribution in [0, 0.1) is 18.3 Å². The molecule has 4 nitrogen and oxygen atoms in total. The minimum atomic E-state index is 0.492. The van der Waals surface area contributed by atoms with E-state index in [2.05, 4.69) is 52.0 Å². The lowest BCUT2D eigenvalue weighted by atomic mass is 9.88. The van der Waals surface area contributed by atoms with E-state index in [-0.39, 0.29) is 0 Å². The Bertz CT molecular complexity index is 961. The molecule has 1 saturated carbocycles. The first-order valence-corrected chi connectivity index (χ1v) is 10.9. The highest BCUT2D eigenvalue weighted by molar-refractivity contribution is 7.98. The fourth-order valence-corrected chi connectivity index (χ4v) is 4.67. The van der Waals surface area contributed by atoms with E-state index in [1.165, 1.54) is 43.2 Å². The normalized spacial score (nSPS) is 14.7. The Labute approximate surface area is 170 Å². The van der Waals surface area contributed by atoms with Crippen LogP contribution in [0.25, 0.3) is 5.69 Å². The molecule has 1 aliphatic carbocycles. The molecule has 28 heavy (non-hydrogen) atoms. The molecule has 3 aromatic rings. The summed E-state index contributed by atoms with van der Waals surface area (Å²) < 4.78 is 2.25. The number of thioether (sulfide) groups is 1. The first kappa shape index (κ1) is 18.8. The van der Waals surface area contributed by atoms with Crippen molar-refractivity contribution < 1.29 is 0 Å². The summed E-state index contributed by atoms with van der Waals surface area (Å²) in [5.41, 5.74) is 4.26. The van der Waals surface area contributed by atoms with Gasteiger partial charge in [0.1, 0.15) is 5.82 Å². The zero-order valence-corrected chi connectivity index (χ0v) is 17.0. The fraction of sp³-hybridized carbons (Fsp3) is 0.348. The van der Waals surface area contributed by atoms with Gasteiger partial charge < -0.3 is 0 Å². The molecule has 4 rings (SSSR count). The van der Waals surface area contributed by atoms with E-state index in [0.29, 0.717) is 11.5 Å². The summed E-state index contributed by atoms with van der Waals surface area (Å²) in [5, 5.41) is 19.1. The first-order valence-electron chi connectivity index (χ1n) is 9.89. The Kier molecular flexibility index (Phi) is 5.78. The molecule has 0 spiro atoms. The Hall–Kier alpha value is -2.58. The van der Waals surface area contributed by atoms with Crippen LogP contribution in [0.3, 0.4) is 0 Å². The van der Waals surface area contributed by atoms with Crippen LogP contribution in [0.5, 0.6) is 0 Å². The maximum Gasteiger partial charge on any atom is 0.196 e. The van der Waals surface area contributed by atoms with Crippen molar-refractivity contribution >= 4 is 11.8 Å². The smallest absolute Gasteiger partial charge is 0.196 e. The van der Waals surface area contributed by atoms with Crippen LogP contribution in [0.4, 0.5) is 0 Å². The van der Waals surface area contributed by atoms with E-state index < -0.39 is 0 Å². The average Bonchev–Trinajstić information content (AvgIpc) is 3.18. The lowest BCUT2D eigenvalue weighted by Gasteiger charge is -2.22. The second kappa shape index (κ2) is 8.62. The lowest BCUT2D eigenvalue weighted by molar-refractivity contribution is 0.423. The van der Waals surface area contributed by atoms with Gasteiger partial charge in [-0.15, -0.1) is 10.2 Å². The third-order valence-corrected chi connectivity index (χ3v) is 6.37. The van der Waals surface area contributed by atoms with Gasteiger partial charge in [0.05, 0.1) is 11.6 Å². The second-order valence-electron chi connectivity index (χ2n) is 7.44. The predicted molar refractivity (Wildman–Crippen MR) is 113 cm³/mol. The Balaban J connectivity index is 1.63. The average molecular weight is 389 g/mol. The molecule has 0 unspecified atom stereocenters. The number of aromatic nitrogens is 3. The molecular formula is C23H24N4S. The van der Waals surface area contributed by atoms with Gasteiger partial charge in [-0.1, -0.05) is 60.9 Å². The molecule has 5 heteroatoms. The summed E-state index contributed by atoms with van der Waals surface area (Å²) in [6, 6.07) is 18.6. The van der Waals surface area contributed by atoms with Crippen molar-refractivity contribution in [3.8, 4) is 11.8 Å². The first-order chi connectivity index (χ1) is 13.7. The van der Waals surface area contributed by atoms with Crippen LogP contribution in [0.2, 0.25) is 0 Å². The summed E-state index contributed by atoms with van der Waals surface area (Å²) in [5.74, 6) is 2.40. The standard InChI is InChI=1S/C23H24N4S/c1-17-7-13-21(14-8-17)27-22(20-5-3-2-4-6-20)25-26-23(27)28-16-19-11-9-18(15-24)10-12-19/h7-14,20H,2-6,16H2,1H3. The van der Waals surface area contributed by atoms with E-state index in [9.17, 15) is 0 Å². The van der Waals surface area contributed by atoms with Crippen molar-refractivity contribution in [1.29, 1.82) is 5.26 Å². The summed E-state index contributed by atoms with van der Waals surface area (Å²) in [6.07, 6.45) is 6.28. The van der Waals surface area contributed by atoms with E-state index in [1.54, 1.807) is 11.8 Å². The summed E-state index contributed by atoms with van der Waals surface area (Å²) >= 11 is 1.70. The number of benzene rings is 2. The summed E-state index contributed by atoms with van der Waals surface area (Å²) in [4.78, 5) is 0. The van der Waals surface area contributed by atoms with Crippen molar-refractivity contribution in [2.75, 3.05) is 0 Å².